The Kier molecular flexibility index (Phi) is 6.83. The smallest absolute Gasteiger partial charge is 0.252 e. The van der Waals surface area contributed by atoms with Gasteiger partial charge >= 0.3 is 0 Å². The molecule has 0 saturated heterocycles. The zero-order chi connectivity index (χ0) is 12.7. The molecule has 0 radical (unpaired) electrons. The van der Waals surface area contributed by atoms with Gasteiger partial charge in [-0.1, -0.05) is 54.6 Å². The molecular weight excluding hydrogens is 300 g/mol. The second-order valence-electron chi connectivity index (χ2n) is 4.24. The van der Waals surface area contributed by atoms with Crippen LogP contribution >= 0.6 is 27.5 Å². The molecule has 0 aromatic heterocycles. The molecular formula is C14H18BrClO. The normalized spacial score (nSPS) is 10.5. The first kappa shape index (κ1) is 14.7. The van der Waals surface area contributed by atoms with Crippen LogP contribution in [0.15, 0.2) is 22.7 Å². The molecule has 1 rings (SSSR count). The zero-order valence-electron chi connectivity index (χ0n) is 10.1. The van der Waals surface area contributed by atoms with Crippen molar-refractivity contribution in [3.8, 4) is 0 Å². The van der Waals surface area contributed by atoms with E-state index < -0.39 is 5.24 Å². The summed E-state index contributed by atoms with van der Waals surface area (Å²) in [5.74, 6) is 0. The molecule has 94 valence electrons. The second-order valence-corrected chi connectivity index (χ2v) is 5.44. The Balaban J connectivity index is 2.46. The van der Waals surface area contributed by atoms with Crippen LogP contribution in [0, 0.1) is 0 Å². The standard InChI is InChI=1S/C14H18BrClO/c1-2-3-4-5-6-7-11-8-9-12(14(16)17)10-13(11)15/h8-10H,2-7H2,1H3. The van der Waals surface area contributed by atoms with E-state index in [0.717, 1.165) is 10.9 Å². The van der Waals surface area contributed by atoms with Crippen molar-refractivity contribution >= 4 is 32.8 Å². The molecule has 1 aromatic carbocycles. The lowest BCUT2D eigenvalue weighted by Gasteiger charge is -2.05. The third-order valence-corrected chi connectivity index (χ3v) is 3.79. The SMILES string of the molecule is CCCCCCCc1ccc(C(=O)Cl)cc1Br. The van der Waals surface area contributed by atoms with Gasteiger partial charge in [0.2, 0.25) is 0 Å². The molecule has 0 bridgehead atoms. The number of carbonyl (C=O) groups is 1. The van der Waals surface area contributed by atoms with Crippen molar-refractivity contribution < 1.29 is 4.79 Å². The Labute approximate surface area is 117 Å². The van der Waals surface area contributed by atoms with Crippen LogP contribution in [0.3, 0.4) is 0 Å². The van der Waals surface area contributed by atoms with Crippen LogP contribution in [0.4, 0.5) is 0 Å². The summed E-state index contributed by atoms with van der Waals surface area (Å²) in [6.07, 6.45) is 7.44. The van der Waals surface area contributed by atoms with E-state index in [4.69, 9.17) is 11.6 Å². The third-order valence-electron chi connectivity index (χ3n) is 2.83. The topological polar surface area (TPSA) is 17.1 Å². The molecule has 3 heteroatoms. The molecule has 0 fully saturated rings. The Hall–Kier alpha value is -0.340. The summed E-state index contributed by atoms with van der Waals surface area (Å²) >= 11 is 8.92. The number of benzene rings is 1. The minimum atomic E-state index is -0.403. The van der Waals surface area contributed by atoms with Crippen LogP contribution in [0.1, 0.15) is 54.9 Å². The minimum Gasteiger partial charge on any atom is -0.276 e. The zero-order valence-corrected chi connectivity index (χ0v) is 12.5. The summed E-state index contributed by atoms with van der Waals surface area (Å²) < 4.78 is 0.986. The maximum absolute atomic E-state index is 11.0. The van der Waals surface area contributed by atoms with Crippen molar-refractivity contribution in [2.45, 2.75) is 45.4 Å². The largest absolute Gasteiger partial charge is 0.276 e. The van der Waals surface area contributed by atoms with Crippen LogP contribution in [0.5, 0.6) is 0 Å². The van der Waals surface area contributed by atoms with Gasteiger partial charge in [0.1, 0.15) is 0 Å². The lowest BCUT2D eigenvalue weighted by atomic mass is 10.0. The molecule has 1 nitrogen and oxygen atoms in total. The van der Waals surface area contributed by atoms with Gasteiger partial charge in [0.25, 0.3) is 5.24 Å². The first-order valence-corrected chi connectivity index (χ1v) is 7.30. The molecule has 0 unspecified atom stereocenters. The van der Waals surface area contributed by atoms with E-state index in [9.17, 15) is 4.79 Å². The molecule has 1 aromatic rings. The average molecular weight is 318 g/mol. The fourth-order valence-electron chi connectivity index (χ4n) is 1.79. The lowest BCUT2D eigenvalue weighted by Crippen LogP contribution is -1.93. The highest BCUT2D eigenvalue weighted by molar-refractivity contribution is 9.10. The summed E-state index contributed by atoms with van der Waals surface area (Å²) in [5, 5.41) is -0.403. The summed E-state index contributed by atoms with van der Waals surface area (Å²) in [6.45, 7) is 2.22. The van der Waals surface area contributed by atoms with Crippen molar-refractivity contribution in [1.82, 2.24) is 0 Å². The number of unbranched alkanes of at least 4 members (excludes halogenated alkanes) is 4. The first-order chi connectivity index (χ1) is 8.15. The maximum Gasteiger partial charge on any atom is 0.252 e. The third kappa shape index (κ3) is 5.22. The Bertz CT molecular complexity index is 376. The van der Waals surface area contributed by atoms with Crippen LogP contribution in [0.25, 0.3) is 0 Å². The van der Waals surface area contributed by atoms with E-state index in [0.29, 0.717) is 5.56 Å². The predicted molar refractivity (Wildman–Crippen MR) is 76.8 cm³/mol. The predicted octanol–water partition coefficient (Wildman–Crippen LogP) is 5.34. The van der Waals surface area contributed by atoms with E-state index >= 15 is 0 Å². The van der Waals surface area contributed by atoms with Gasteiger partial charge in [0, 0.05) is 10.0 Å². The highest BCUT2D eigenvalue weighted by Gasteiger charge is 2.05. The van der Waals surface area contributed by atoms with Crippen LogP contribution in [-0.2, 0) is 6.42 Å². The molecule has 0 amide bonds. The van der Waals surface area contributed by atoms with E-state index in [1.807, 2.05) is 6.07 Å². The van der Waals surface area contributed by atoms with Crippen molar-refractivity contribution in [1.29, 1.82) is 0 Å². The second kappa shape index (κ2) is 7.88. The molecule has 17 heavy (non-hydrogen) atoms. The lowest BCUT2D eigenvalue weighted by molar-refractivity contribution is 0.108. The van der Waals surface area contributed by atoms with Gasteiger partial charge in [-0.05, 0) is 42.1 Å². The van der Waals surface area contributed by atoms with Gasteiger partial charge in [-0.25, -0.2) is 0 Å². The van der Waals surface area contributed by atoms with E-state index in [1.165, 1.54) is 37.7 Å². The van der Waals surface area contributed by atoms with Gasteiger partial charge in [0.05, 0.1) is 0 Å². The minimum absolute atomic E-state index is 0.403. The molecule has 0 aliphatic carbocycles. The summed E-state index contributed by atoms with van der Waals surface area (Å²) in [6, 6.07) is 5.58. The molecule has 0 saturated carbocycles. The fraction of sp³-hybridized carbons (Fsp3) is 0.500. The number of hydrogen-bond donors (Lipinski definition) is 0. The highest BCUT2D eigenvalue weighted by Crippen LogP contribution is 2.22. The quantitative estimate of drug-likeness (QED) is 0.490. The molecule has 0 aliphatic heterocycles. The van der Waals surface area contributed by atoms with Crippen molar-refractivity contribution in [3.05, 3.63) is 33.8 Å². The maximum atomic E-state index is 11.0. The van der Waals surface area contributed by atoms with Crippen molar-refractivity contribution in [2.24, 2.45) is 0 Å². The molecule has 0 heterocycles. The Morgan fingerprint density at radius 1 is 1.24 bits per heavy atom. The van der Waals surface area contributed by atoms with Crippen molar-refractivity contribution in [2.75, 3.05) is 0 Å². The van der Waals surface area contributed by atoms with Gasteiger partial charge in [0.15, 0.2) is 0 Å². The summed E-state index contributed by atoms with van der Waals surface area (Å²) in [4.78, 5) is 11.0. The highest BCUT2D eigenvalue weighted by atomic mass is 79.9. The van der Waals surface area contributed by atoms with Gasteiger partial charge in [-0.3, -0.25) is 4.79 Å². The van der Waals surface area contributed by atoms with Gasteiger partial charge < -0.3 is 0 Å². The molecule has 0 aliphatic rings. The Morgan fingerprint density at radius 2 is 1.94 bits per heavy atom. The number of halogens is 2. The number of aryl methyl sites for hydroxylation is 1. The van der Waals surface area contributed by atoms with Crippen LogP contribution in [0.2, 0.25) is 0 Å². The van der Waals surface area contributed by atoms with Crippen LogP contribution < -0.4 is 0 Å². The van der Waals surface area contributed by atoms with Gasteiger partial charge in [-0.15, -0.1) is 0 Å². The number of rotatable bonds is 7. The fourth-order valence-corrected chi connectivity index (χ4v) is 2.49. The van der Waals surface area contributed by atoms with Crippen molar-refractivity contribution in [3.63, 3.8) is 0 Å². The van der Waals surface area contributed by atoms with E-state index in [1.54, 1.807) is 12.1 Å². The average Bonchev–Trinajstić information content (AvgIpc) is 2.30. The molecule has 0 spiro atoms. The number of carbonyl (C=O) groups excluding carboxylic acids is 1. The summed E-state index contributed by atoms with van der Waals surface area (Å²) in [5.41, 5.74) is 1.80. The van der Waals surface area contributed by atoms with Gasteiger partial charge in [-0.2, -0.15) is 0 Å². The van der Waals surface area contributed by atoms with Crippen LogP contribution in [-0.4, -0.2) is 5.24 Å². The van der Waals surface area contributed by atoms with E-state index in [2.05, 4.69) is 22.9 Å². The summed E-state index contributed by atoms with van der Waals surface area (Å²) in [7, 11) is 0. The molecule has 0 atom stereocenters. The monoisotopic (exact) mass is 316 g/mol. The van der Waals surface area contributed by atoms with E-state index in [-0.39, 0.29) is 0 Å². The number of hydrogen-bond acceptors (Lipinski definition) is 1. The first-order valence-electron chi connectivity index (χ1n) is 6.13. The molecule has 0 N–H and O–H groups in total. The Morgan fingerprint density at radius 3 is 2.53 bits per heavy atom.